The molecule has 2 heterocycles. The van der Waals surface area contributed by atoms with E-state index in [1.54, 1.807) is 18.2 Å². The van der Waals surface area contributed by atoms with Crippen LogP contribution in [0.3, 0.4) is 0 Å². The third-order valence-corrected chi connectivity index (χ3v) is 6.84. The zero-order valence-electron chi connectivity index (χ0n) is 17.5. The maximum atomic E-state index is 12.5. The molecule has 0 aliphatic carbocycles. The number of ketones is 1. The van der Waals surface area contributed by atoms with Gasteiger partial charge in [0.05, 0.1) is 22.3 Å². The van der Waals surface area contributed by atoms with Gasteiger partial charge in [0.15, 0.2) is 0 Å². The number of Topliss-reactive ketones (excluding diaryl/α,β-unsaturated/α-hetero) is 1. The van der Waals surface area contributed by atoms with Crippen molar-refractivity contribution in [3.8, 4) is 0 Å². The van der Waals surface area contributed by atoms with E-state index in [-0.39, 0.29) is 29.7 Å². The van der Waals surface area contributed by atoms with Crippen LogP contribution in [0.25, 0.3) is 0 Å². The molecule has 4 rings (SSSR count). The number of sulfonamides is 1. The van der Waals surface area contributed by atoms with Crippen molar-refractivity contribution in [2.45, 2.75) is 30.8 Å². The summed E-state index contributed by atoms with van der Waals surface area (Å²) in [6.45, 7) is 2.34. The minimum Gasteiger partial charge on any atom is -0.377 e. The summed E-state index contributed by atoms with van der Waals surface area (Å²) in [7, 11) is -3.70. The predicted molar refractivity (Wildman–Crippen MR) is 117 cm³/mol. The SMILES string of the molecule is Cc1ccc2c(c1)C(=O)C(=O)N2CC(=O)Nc1ccc(S(=O)(=O)NC[C@H]2CCCO2)cc1. The van der Waals surface area contributed by atoms with Gasteiger partial charge in [0.1, 0.15) is 6.54 Å². The van der Waals surface area contributed by atoms with Crippen LogP contribution in [0.2, 0.25) is 0 Å². The van der Waals surface area contributed by atoms with Crippen molar-refractivity contribution in [2.24, 2.45) is 0 Å². The fourth-order valence-corrected chi connectivity index (χ4v) is 4.79. The predicted octanol–water partition coefficient (Wildman–Crippen LogP) is 1.62. The molecule has 2 aromatic carbocycles. The number of amides is 2. The van der Waals surface area contributed by atoms with Crippen molar-refractivity contribution in [1.29, 1.82) is 0 Å². The Hall–Kier alpha value is -3.08. The lowest BCUT2D eigenvalue weighted by Crippen LogP contribution is -2.37. The van der Waals surface area contributed by atoms with Crippen LogP contribution >= 0.6 is 0 Å². The maximum absolute atomic E-state index is 12.5. The molecule has 32 heavy (non-hydrogen) atoms. The van der Waals surface area contributed by atoms with Gasteiger partial charge in [0.25, 0.3) is 11.7 Å². The number of benzene rings is 2. The molecule has 0 aromatic heterocycles. The van der Waals surface area contributed by atoms with Crippen LogP contribution in [-0.2, 0) is 24.3 Å². The second kappa shape index (κ2) is 8.81. The van der Waals surface area contributed by atoms with Crippen LogP contribution in [0, 0.1) is 6.92 Å². The molecule has 2 amide bonds. The molecule has 10 heteroatoms. The molecule has 0 saturated carbocycles. The molecule has 168 valence electrons. The van der Waals surface area contributed by atoms with Gasteiger partial charge in [-0.2, -0.15) is 0 Å². The van der Waals surface area contributed by atoms with Gasteiger partial charge >= 0.3 is 0 Å². The number of hydrogen-bond donors (Lipinski definition) is 2. The van der Waals surface area contributed by atoms with Gasteiger partial charge in [0, 0.05) is 18.8 Å². The molecule has 2 aliphatic heterocycles. The van der Waals surface area contributed by atoms with Gasteiger partial charge in [-0.3, -0.25) is 19.3 Å². The molecule has 9 nitrogen and oxygen atoms in total. The number of anilines is 2. The first-order valence-corrected chi connectivity index (χ1v) is 11.7. The van der Waals surface area contributed by atoms with Crippen molar-refractivity contribution in [3.63, 3.8) is 0 Å². The lowest BCUT2D eigenvalue weighted by molar-refractivity contribution is -0.118. The average molecular weight is 458 g/mol. The van der Waals surface area contributed by atoms with Crippen molar-refractivity contribution >= 4 is 39.0 Å². The Balaban J connectivity index is 1.38. The summed E-state index contributed by atoms with van der Waals surface area (Å²) in [6, 6.07) is 10.7. The highest BCUT2D eigenvalue weighted by Crippen LogP contribution is 2.29. The van der Waals surface area contributed by atoms with Crippen LogP contribution in [0.4, 0.5) is 11.4 Å². The first-order valence-electron chi connectivity index (χ1n) is 10.2. The summed E-state index contributed by atoms with van der Waals surface area (Å²) in [5, 5.41) is 2.62. The summed E-state index contributed by atoms with van der Waals surface area (Å²) < 4.78 is 32.8. The van der Waals surface area contributed by atoms with Gasteiger partial charge in [0.2, 0.25) is 15.9 Å². The largest absolute Gasteiger partial charge is 0.377 e. The number of nitrogens with one attached hydrogen (secondary N) is 2. The third-order valence-electron chi connectivity index (χ3n) is 5.40. The van der Waals surface area contributed by atoms with Crippen LogP contribution in [-0.4, -0.2) is 51.8 Å². The van der Waals surface area contributed by atoms with Gasteiger partial charge in [-0.05, 0) is 56.2 Å². The van der Waals surface area contributed by atoms with E-state index in [0.29, 0.717) is 18.0 Å². The molecule has 1 fully saturated rings. The number of nitrogens with zero attached hydrogens (tertiary/aromatic N) is 1. The van der Waals surface area contributed by atoms with Crippen LogP contribution in [0.5, 0.6) is 0 Å². The number of fused-ring (bicyclic) bond motifs is 1. The molecular formula is C22H23N3O6S. The molecule has 0 spiro atoms. The number of carbonyl (C=O) groups excluding carboxylic acids is 3. The quantitative estimate of drug-likeness (QED) is 0.610. The highest BCUT2D eigenvalue weighted by Gasteiger charge is 2.36. The van der Waals surface area contributed by atoms with Gasteiger partial charge in [-0.25, -0.2) is 13.1 Å². The van der Waals surface area contributed by atoms with Crippen LogP contribution in [0.15, 0.2) is 47.4 Å². The minimum absolute atomic E-state index is 0.0677. The van der Waals surface area contributed by atoms with Crippen molar-refractivity contribution in [1.82, 2.24) is 4.72 Å². The normalized spacial score (nSPS) is 18.2. The second-order valence-corrected chi connectivity index (χ2v) is 9.57. The van der Waals surface area contributed by atoms with Crippen molar-refractivity contribution in [2.75, 3.05) is 29.9 Å². The Bertz CT molecular complexity index is 1170. The monoisotopic (exact) mass is 457 g/mol. The van der Waals surface area contributed by atoms with Crippen LogP contribution in [0.1, 0.15) is 28.8 Å². The highest BCUT2D eigenvalue weighted by molar-refractivity contribution is 7.89. The molecular weight excluding hydrogens is 434 g/mol. The lowest BCUT2D eigenvalue weighted by Gasteiger charge is -2.16. The fraction of sp³-hybridized carbons (Fsp3) is 0.318. The van der Waals surface area contributed by atoms with E-state index in [2.05, 4.69) is 10.0 Å². The van der Waals surface area contributed by atoms with Gasteiger partial charge in [-0.15, -0.1) is 0 Å². The molecule has 2 aromatic rings. The Morgan fingerprint density at radius 2 is 1.91 bits per heavy atom. The van der Waals surface area contributed by atoms with Crippen LogP contribution < -0.4 is 14.9 Å². The number of rotatable bonds is 7. The number of ether oxygens (including phenoxy) is 1. The summed E-state index contributed by atoms with van der Waals surface area (Å²) in [5.74, 6) is -1.90. The third kappa shape index (κ3) is 4.57. The average Bonchev–Trinajstić information content (AvgIpc) is 3.36. The molecule has 0 bridgehead atoms. The van der Waals surface area contributed by atoms with Gasteiger partial charge in [-0.1, -0.05) is 11.6 Å². The zero-order chi connectivity index (χ0) is 22.9. The fourth-order valence-electron chi connectivity index (χ4n) is 3.72. The Kier molecular flexibility index (Phi) is 6.09. The summed E-state index contributed by atoms with van der Waals surface area (Å²) >= 11 is 0. The molecule has 0 unspecified atom stereocenters. The molecule has 1 saturated heterocycles. The summed E-state index contributed by atoms with van der Waals surface area (Å²) in [5.41, 5.74) is 1.90. The molecule has 2 aliphatic rings. The molecule has 2 N–H and O–H groups in total. The minimum atomic E-state index is -3.70. The lowest BCUT2D eigenvalue weighted by atomic mass is 10.1. The Labute approximate surface area is 185 Å². The standard InChI is InChI=1S/C22H23N3O6S/c1-14-4-9-19-18(11-14)21(27)22(28)25(19)13-20(26)24-15-5-7-17(8-6-15)32(29,30)23-12-16-3-2-10-31-16/h4-9,11,16,23H,2-3,10,12-13H2,1H3,(H,24,26)/t16-/m1/s1. The number of aryl methyl sites for hydroxylation is 1. The maximum Gasteiger partial charge on any atom is 0.299 e. The topological polar surface area (TPSA) is 122 Å². The number of hydrogen-bond acceptors (Lipinski definition) is 6. The zero-order valence-corrected chi connectivity index (χ0v) is 18.3. The van der Waals surface area contributed by atoms with E-state index in [9.17, 15) is 22.8 Å². The highest BCUT2D eigenvalue weighted by atomic mass is 32.2. The van der Waals surface area contributed by atoms with E-state index < -0.39 is 27.6 Å². The van der Waals surface area contributed by atoms with E-state index in [4.69, 9.17) is 4.74 Å². The first kappa shape index (κ1) is 22.1. The first-order chi connectivity index (χ1) is 15.2. The van der Waals surface area contributed by atoms with E-state index in [1.165, 1.54) is 24.3 Å². The molecule has 0 radical (unpaired) electrons. The Morgan fingerprint density at radius 3 is 2.59 bits per heavy atom. The van der Waals surface area contributed by atoms with Crippen molar-refractivity contribution in [3.05, 3.63) is 53.6 Å². The second-order valence-electron chi connectivity index (χ2n) is 7.80. The smallest absolute Gasteiger partial charge is 0.299 e. The van der Waals surface area contributed by atoms with E-state index >= 15 is 0 Å². The number of carbonyl (C=O) groups is 3. The van der Waals surface area contributed by atoms with E-state index in [0.717, 1.165) is 23.3 Å². The summed E-state index contributed by atoms with van der Waals surface area (Å²) in [4.78, 5) is 38.1. The summed E-state index contributed by atoms with van der Waals surface area (Å²) in [6.07, 6.45) is 1.63. The van der Waals surface area contributed by atoms with E-state index in [1.807, 2.05) is 6.92 Å². The van der Waals surface area contributed by atoms with Gasteiger partial charge < -0.3 is 10.1 Å². The Morgan fingerprint density at radius 1 is 1.16 bits per heavy atom. The van der Waals surface area contributed by atoms with Crippen molar-refractivity contribution < 1.29 is 27.5 Å². The molecule has 1 atom stereocenters.